The highest BCUT2D eigenvalue weighted by atomic mass is 32.2. The Hall–Kier alpha value is -3.25. The number of benzene rings is 3. The summed E-state index contributed by atoms with van der Waals surface area (Å²) < 4.78 is 11.0. The van der Waals surface area contributed by atoms with Gasteiger partial charge < -0.3 is 14.5 Å². The summed E-state index contributed by atoms with van der Waals surface area (Å²) in [5.74, 6) is 2.03. The van der Waals surface area contributed by atoms with Gasteiger partial charge in [0.2, 0.25) is 11.8 Å². The Bertz CT molecular complexity index is 1090. The fraction of sp³-hybridized carbons (Fsp3) is 0.130. The standard InChI is InChI=1S/C23H20N2O3S/c1-27-18-9-11-19(12-10-18)29-14-13-22(26)24-17-6-4-5-16(15-17)23-25-20-7-2-3-8-21(20)28-23/h2-12,15H,13-14H2,1H3,(H,24,26). The largest absolute Gasteiger partial charge is 0.497 e. The number of hydrogen-bond donors (Lipinski definition) is 1. The first-order chi connectivity index (χ1) is 14.2. The summed E-state index contributed by atoms with van der Waals surface area (Å²) in [7, 11) is 1.64. The fourth-order valence-electron chi connectivity index (χ4n) is 2.88. The Morgan fingerprint density at radius 2 is 1.90 bits per heavy atom. The van der Waals surface area contributed by atoms with E-state index in [0.29, 0.717) is 18.1 Å². The molecule has 0 saturated carbocycles. The second-order valence-corrected chi connectivity index (χ2v) is 7.56. The highest BCUT2D eigenvalue weighted by Gasteiger charge is 2.09. The van der Waals surface area contributed by atoms with Crippen molar-refractivity contribution in [2.75, 3.05) is 18.2 Å². The molecule has 0 aliphatic rings. The summed E-state index contributed by atoms with van der Waals surface area (Å²) in [6.45, 7) is 0. The van der Waals surface area contributed by atoms with Crippen LogP contribution in [0.2, 0.25) is 0 Å². The zero-order valence-electron chi connectivity index (χ0n) is 15.9. The van der Waals surface area contributed by atoms with Crippen LogP contribution in [0.3, 0.4) is 0 Å². The van der Waals surface area contributed by atoms with Gasteiger partial charge in [0.05, 0.1) is 7.11 Å². The third-order valence-corrected chi connectivity index (χ3v) is 5.36. The third-order valence-electron chi connectivity index (χ3n) is 4.34. The van der Waals surface area contributed by atoms with Crippen molar-refractivity contribution in [1.82, 2.24) is 4.98 Å². The number of para-hydroxylation sites is 2. The summed E-state index contributed by atoms with van der Waals surface area (Å²) in [5.41, 5.74) is 3.11. The number of thioether (sulfide) groups is 1. The molecule has 1 heterocycles. The minimum absolute atomic E-state index is 0.0271. The van der Waals surface area contributed by atoms with E-state index in [0.717, 1.165) is 33.0 Å². The number of carbonyl (C=O) groups is 1. The molecule has 29 heavy (non-hydrogen) atoms. The third kappa shape index (κ3) is 4.78. The molecule has 1 amide bonds. The highest BCUT2D eigenvalue weighted by Crippen LogP contribution is 2.26. The van der Waals surface area contributed by atoms with Crippen molar-refractivity contribution in [3.63, 3.8) is 0 Å². The smallest absolute Gasteiger partial charge is 0.227 e. The Morgan fingerprint density at radius 1 is 1.07 bits per heavy atom. The van der Waals surface area contributed by atoms with Crippen molar-refractivity contribution in [3.8, 4) is 17.2 Å². The minimum Gasteiger partial charge on any atom is -0.497 e. The van der Waals surface area contributed by atoms with E-state index in [-0.39, 0.29) is 5.91 Å². The Morgan fingerprint density at radius 3 is 2.69 bits per heavy atom. The van der Waals surface area contributed by atoms with E-state index in [1.807, 2.05) is 72.8 Å². The molecule has 5 nitrogen and oxygen atoms in total. The molecule has 0 aliphatic carbocycles. The quantitative estimate of drug-likeness (QED) is 0.405. The molecule has 0 unspecified atom stereocenters. The minimum atomic E-state index is -0.0271. The maximum Gasteiger partial charge on any atom is 0.227 e. The lowest BCUT2D eigenvalue weighted by Gasteiger charge is -2.07. The molecule has 0 spiro atoms. The van der Waals surface area contributed by atoms with Crippen LogP contribution < -0.4 is 10.1 Å². The van der Waals surface area contributed by atoms with E-state index in [1.165, 1.54) is 0 Å². The second-order valence-electron chi connectivity index (χ2n) is 6.39. The molecule has 3 aromatic carbocycles. The number of rotatable bonds is 7. The summed E-state index contributed by atoms with van der Waals surface area (Å²) in [6, 6.07) is 23.0. The maximum absolute atomic E-state index is 12.3. The van der Waals surface area contributed by atoms with E-state index in [2.05, 4.69) is 10.3 Å². The number of amides is 1. The first kappa shape index (κ1) is 19.1. The predicted molar refractivity (Wildman–Crippen MR) is 116 cm³/mol. The summed E-state index contributed by atoms with van der Waals surface area (Å²) in [4.78, 5) is 17.9. The van der Waals surface area contributed by atoms with E-state index in [9.17, 15) is 4.79 Å². The Kier molecular flexibility index (Phi) is 5.81. The number of nitrogens with one attached hydrogen (secondary N) is 1. The van der Waals surface area contributed by atoms with Crippen LogP contribution in [0.5, 0.6) is 5.75 Å². The summed E-state index contributed by atoms with van der Waals surface area (Å²) in [6.07, 6.45) is 0.420. The Balaban J connectivity index is 1.35. The molecule has 0 saturated heterocycles. The van der Waals surface area contributed by atoms with Gasteiger partial charge in [-0.2, -0.15) is 0 Å². The topological polar surface area (TPSA) is 64.4 Å². The average molecular weight is 404 g/mol. The Labute approximate surface area is 173 Å². The van der Waals surface area contributed by atoms with Gasteiger partial charge in [0.1, 0.15) is 11.3 Å². The zero-order chi connectivity index (χ0) is 20.1. The number of methoxy groups -OCH3 is 1. The number of ether oxygens (including phenoxy) is 1. The van der Waals surface area contributed by atoms with Crippen LogP contribution in [0.15, 0.2) is 82.1 Å². The van der Waals surface area contributed by atoms with Gasteiger partial charge in [-0.1, -0.05) is 18.2 Å². The lowest BCUT2D eigenvalue weighted by Crippen LogP contribution is -2.12. The molecular weight excluding hydrogens is 384 g/mol. The van der Waals surface area contributed by atoms with Crippen molar-refractivity contribution in [1.29, 1.82) is 0 Å². The highest BCUT2D eigenvalue weighted by molar-refractivity contribution is 7.99. The monoisotopic (exact) mass is 404 g/mol. The normalized spacial score (nSPS) is 10.8. The molecule has 0 fully saturated rings. The van der Waals surface area contributed by atoms with Crippen LogP contribution in [-0.4, -0.2) is 23.8 Å². The summed E-state index contributed by atoms with van der Waals surface area (Å²) >= 11 is 1.64. The number of oxazole rings is 1. The molecular formula is C23H20N2O3S. The SMILES string of the molecule is COc1ccc(SCCC(=O)Nc2cccc(-c3nc4ccccc4o3)c2)cc1. The summed E-state index contributed by atoms with van der Waals surface area (Å²) in [5, 5.41) is 2.95. The van der Waals surface area contributed by atoms with Gasteiger partial charge >= 0.3 is 0 Å². The van der Waals surface area contributed by atoms with Gasteiger partial charge in [-0.3, -0.25) is 4.79 Å². The van der Waals surface area contributed by atoms with Crippen molar-refractivity contribution in [3.05, 3.63) is 72.8 Å². The van der Waals surface area contributed by atoms with Crippen LogP contribution in [0.1, 0.15) is 6.42 Å². The van der Waals surface area contributed by atoms with E-state index >= 15 is 0 Å². The lowest BCUT2D eigenvalue weighted by atomic mass is 10.2. The molecule has 4 rings (SSSR count). The molecule has 0 bridgehead atoms. The zero-order valence-corrected chi connectivity index (χ0v) is 16.7. The van der Waals surface area contributed by atoms with Gasteiger partial charge in [-0.05, 0) is 54.6 Å². The molecule has 4 aromatic rings. The van der Waals surface area contributed by atoms with Crippen molar-refractivity contribution in [2.45, 2.75) is 11.3 Å². The van der Waals surface area contributed by atoms with Gasteiger partial charge in [-0.15, -0.1) is 11.8 Å². The van der Waals surface area contributed by atoms with Crippen LogP contribution in [0.25, 0.3) is 22.6 Å². The number of hydrogen-bond acceptors (Lipinski definition) is 5. The molecule has 1 N–H and O–H groups in total. The first-order valence-corrected chi connectivity index (χ1v) is 10.2. The van der Waals surface area contributed by atoms with Crippen molar-refractivity contribution in [2.24, 2.45) is 0 Å². The van der Waals surface area contributed by atoms with Crippen LogP contribution in [0, 0.1) is 0 Å². The van der Waals surface area contributed by atoms with Gasteiger partial charge in [0, 0.05) is 28.3 Å². The van der Waals surface area contributed by atoms with Crippen molar-refractivity contribution < 1.29 is 13.9 Å². The number of carbonyl (C=O) groups excluding carboxylic acids is 1. The van der Waals surface area contributed by atoms with Gasteiger partial charge in [0.15, 0.2) is 5.58 Å². The van der Waals surface area contributed by atoms with E-state index < -0.39 is 0 Å². The number of anilines is 1. The molecule has 0 aliphatic heterocycles. The molecule has 1 aromatic heterocycles. The van der Waals surface area contributed by atoms with Gasteiger partial charge in [-0.25, -0.2) is 4.98 Å². The molecule has 6 heteroatoms. The van der Waals surface area contributed by atoms with Crippen LogP contribution >= 0.6 is 11.8 Å². The predicted octanol–water partition coefficient (Wildman–Crippen LogP) is 5.62. The number of fused-ring (bicyclic) bond motifs is 1. The van der Waals surface area contributed by atoms with E-state index in [4.69, 9.17) is 9.15 Å². The number of aromatic nitrogens is 1. The fourth-order valence-corrected chi connectivity index (χ4v) is 3.73. The first-order valence-electron chi connectivity index (χ1n) is 9.24. The second kappa shape index (κ2) is 8.84. The van der Waals surface area contributed by atoms with Crippen LogP contribution in [-0.2, 0) is 4.79 Å². The number of nitrogens with zero attached hydrogens (tertiary/aromatic N) is 1. The van der Waals surface area contributed by atoms with Crippen LogP contribution in [0.4, 0.5) is 5.69 Å². The molecule has 0 radical (unpaired) electrons. The van der Waals surface area contributed by atoms with E-state index in [1.54, 1.807) is 18.9 Å². The van der Waals surface area contributed by atoms with Crippen molar-refractivity contribution >= 4 is 34.5 Å². The van der Waals surface area contributed by atoms with Gasteiger partial charge in [0.25, 0.3) is 0 Å². The lowest BCUT2D eigenvalue weighted by molar-refractivity contribution is -0.115. The average Bonchev–Trinajstić information content (AvgIpc) is 3.19. The molecule has 0 atom stereocenters. The molecule has 146 valence electrons. The maximum atomic E-state index is 12.3.